The monoisotopic (exact) mass is 345 g/mol. The van der Waals surface area contributed by atoms with Crippen molar-refractivity contribution in [3.63, 3.8) is 0 Å². The van der Waals surface area contributed by atoms with Crippen LogP contribution >= 0.6 is 11.3 Å². The fourth-order valence-electron chi connectivity index (χ4n) is 2.35. The first kappa shape index (κ1) is 18.5. The molecule has 130 valence electrons. The summed E-state index contributed by atoms with van der Waals surface area (Å²) in [7, 11) is 1.80. The highest BCUT2D eigenvalue weighted by Gasteiger charge is 2.05. The number of hydrogen-bond donors (Lipinski definition) is 2. The zero-order chi connectivity index (χ0) is 17.2. The van der Waals surface area contributed by atoms with Crippen molar-refractivity contribution in [3.8, 4) is 0 Å². The SMILES string of the molecule is CCCOCc1ccccc1CNC(=NC)NCc1sccc1C. The number of hydrogen-bond acceptors (Lipinski definition) is 3. The Kier molecular flexibility index (Phi) is 7.79. The van der Waals surface area contributed by atoms with Gasteiger partial charge in [-0.25, -0.2) is 0 Å². The highest BCUT2D eigenvalue weighted by molar-refractivity contribution is 7.10. The van der Waals surface area contributed by atoms with Crippen molar-refractivity contribution in [2.75, 3.05) is 13.7 Å². The molecule has 0 unspecified atom stereocenters. The molecule has 0 fully saturated rings. The lowest BCUT2D eigenvalue weighted by Gasteiger charge is -2.14. The van der Waals surface area contributed by atoms with Crippen LogP contribution in [0.3, 0.4) is 0 Å². The summed E-state index contributed by atoms with van der Waals surface area (Å²) in [5.74, 6) is 0.812. The van der Waals surface area contributed by atoms with Crippen LogP contribution in [0.1, 0.15) is 34.9 Å². The van der Waals surface area contributed by atoms with E-state index in [2.05, 4.69) is 65.2 Å². The summed E-state index contributed by atoms with van der Waals surface area (Å²) >= 11 is 1.77. The van der Waals surface area contributed by atoms with Gasteiger partial charge in [0.2, 0.25) is 0 Å². The highest BCUT2D eigenvalue weighted by atomic mass is 32.1. The number of thiophene rings is 1. The Morgan fingerprint density at radius 3 is 2.54 bits per heavy atom. The first-order valence-electron chi connectivity index (χ1n) is 8.36. The van der Waals surface area contributed by atoms with Crippen LogP contribution in [0.15, 0.2) is 40.7 Å². The highest BCUT2D eigenvalue weighted by Crippen LogP contribution is 2.14. The minimum Gasteiger partial charge on any atom is -0.377 e. The fraction of sp³-hybridized carbons (Fsp3) is 0.421. The van der Waals surface area contributed by atoms with Gasteiger partial charge in [-0.2, -0.15) is 0 Å². The van der Waals surface area contributed by atoms with Crippen molar-refractivity contribution < 1.29 is 4.74 Å². The smallest absolute Gasteiger partial charge is 0.191 e. The van der Waals surface area contributed by atoms with Crippen LogP contribution in [0.25, 0.3) is 0 Å². The standard InChI is InChI=1S/C19H27N3OS/c1-4-10-23-14-17-8-6-5-7-16(17)12-21-19(20-3)22-13-18-15(2)9-11-24-18/h5-9,11H,4,10,12-14H2,1-3H3,(H2,20,21,22). The summed E-state index contributed by atoms with van der Waals surface area (Å²) in [5.41, 5.74) is 3.79. The summed E-state index contributed by atoms with van der Waals surface area (Å²) in [6.07, 6.45) is 1.04. The van der Waals surface area contributed by atoms with Crippen LogP contribution in [-0.4, -0.2) is 19.6 Å². The molecule has 1 heterocycles. The van der Waals surface area contributed by atoms with E-state index in [0.29, 0.717) is 6.61 Å². The fourth-order valence-corrected chi connectivity index (χ4v) is 3.19. The van der Waals surface area contributed by atoms with Crippen molar-refractivity contribution in [1.29, 1.82) is 0 Å². The Morgan fingerprint density at radius 2 is 1.88 bits per heavy atom. The molecule has 0 saturated carbocycles. The average Bonchev–Trinajstić information content (AvgIpc) is 3.01. The molecule has 0 saturated heterocycles. The molecule has 0 aliphatic heterocycles. The van der Waals surface area contributed by atoms with E-state index in [1.807, 2.05) is 0 Å². The lowest BCUT2D eigenvalue weighted by Crippen LogP contribution is -2.36. The topological polar surface area (TPSA) is 45.6 Å². The Hall–Kier alpha value is -1.85. The van der Waals surface area contributed by atoms with Gasteiger partial charge in [0.1, 0.15) is 0 Å². The van der Waals surface area contributed by atoms with Crippen LogP contribution in [0, 0.1) is 6.92 Å². The number of nitrogens with zero attached hydrogens (tertiary/aromatic N) is 1. The van der Waals surface area contributed by atoms with E-state index in [1.54, 1.807) is 18.4 Å². The second-order valence-electron chi connectivity index (χ2n) is 5.63. The maximum Gasteiger partial charge on any atom is 0.191 e. The largest absolute Gasteiger partial charge is 0.377 e. The zero-order valence-electron chi connectivity index (χ0n) is 14.8. The van der Waals surface area contributed by atoms with E-state index in [9.17, 15) is 0 Å². The molecular formula is C19H27N3OS. The third-order valence-corrected chi connectivity index (χ3v) is 4.80. The summed E-state index contributed by atoms with van der Waals surface area (Å²) in [6.45, 7) is 7.24. The third-order valence-electron chi connectivity index (χ3n) is 3.78. The van der Waals surface area contributed by atoms with Crippen LogP contribution < -0.4 is 10.6 Å². The van der Waals surface area contributed by atoms with Gasteiger partial charge in [0, 0.05) is 25.1 Å². The van der Waals surface area contributed by atoms with E-state index in [1.165, 1.54) is 21.6 Å². The minimum absolute atomic E-state index is 0.659. The van der Waals surface area contributed by atoms with Gasteiger partial charge in [-0.3, -0.25) is 4.99 Å². The minimum atomic E-state index is 0.659. The number of aryl methyl sites for hydroxylation is 1. The Balaban J connectivity index is 1.87. The number of aliphatic imine (C=N–C) groups is 1. The molecule has 0 radical (unpaired) electrons. The molecular weight excluding hydrogens is 318 g/mol. The summed E-state index contributed by atoms with van der Waals surface area (Å²) < 4.78 is 5.68. The molecule has 24 heavy (non-hydrogen) atoms. The molecule has 2 N–H and O–H groups in total. The molecule has 1 aromatic heterocycles. The number of rotatable bonds is 8. The molecule has 0 aliphatic carbocycles. The average molecular weight is 346 g/mol. The second-order valence-corrected chi connectivity index (χ2v) is 6.63. The maximum absolute atomic E-state index is 5.68. The second kappa shape index (κ2) is 10.1. The van der Waals surface area contributed by atoms with Gasteiger partial charge in [0.15, 0.2) is 5.96 Å². The first-order valence-corrected chi connectivity index (χ1v) is 9.24. The van der Waals surface area contributed by atoms with Crippen molar-refractivity contribution in [3.05, 3.63) is 57.3 Å². The van der Waals surface area contributed by atoms with E-state index >= 15 is 0 Å². The van der Waals surface area contributed by atoms with Crippen LogP contribution in [0.2, 0.25) is 0 Å². The number of nitrogens with one attached hydrogen (secondary N) is 2. The molecule has 0 bridgehead atoms. The van der Waals surface area contributed by atoms with Crippen LogP contribution in [0.4, 0.5) is 0 Å². The third kappa shape index (κ3) is 5.65. The van der Waals surface area contributed by atoms with E-state index in [-0.39, 0.29) is 0 Å². The number of ether oxygens (including phenoxy) is 1. The molecule has 5 heteroatoms. The first-order chi connectivity index (χ1) is 11.7. The predicted molar refractivity (Wildman–Crippen MR) is 102 cm³/mol. The van der Waals surface area contributed by atoms with Gasteiger partial charge >= 0.3 is 0 Å². The number of guanidine groups is 1. The van der Waals surface area contributed by atoms with Gasteiger partial charge in [0.25, 0.3) is 0 Å². The quantitative estimate of drug-likeness (QED) is 0.434. The lowest BCUT2D eigenvalue weighted by molar-refractivity contribution is 0.121. The zero-order valence-corrected chi connectivity index (χ0v) is 15.6. The van der Waals surface area contributed by atoms with Gasteiger partial charge in [-0.05, 0) is 41.5 Å². The number of benzene rings is 1. The van der Waals surface area contributed by atoms with Gasteiger partial charge in [-0.1, -0.05) is 31.2 Å². The van der Waals surface area contributed by atoms with Gasteiger partial charge < -0.3 is 15.4 Å². The van der Waals surface area contributed by atoms with Crippen LogP contribution in [0.5, 0.6) is 0 Å². The maximum atomic E-state index is 5.68. The molecule has 4 nitrogen and oxygen atoms in total. The summed E-state index contributed by atoms with van der Waals surface area (Å²) in [5, 5.41) is 8.88. The molecule has 2 rings (SSSR count). The van der Waals surface area contributed by atoms with Crippen molar-refractivity contribution in [2.45, 2.75) is 40.0 Å². The Morgan fingerprint density at radius 1 is 1.12 bits per heavy atom. The van der Waals surface area contributed by atoms with E-state index in [4.69, 9.17) is 4.74 Å². The summed E-state index contributed by atoms with van der Waals surface area (Å²) in [6, 6.07) is 10.5. The van der Waals surface area contributed by atoms with E-state index < -0.39 is 0 Å². The van der Waals surface area contributed by atoms with Gasteiger partial charge in [0.05, 0.1) is 13.2 Å². The summed E-state index contributed by atoms with van der Waals surface area (Å²) in [4.78, 5) is 5.64. The van der Waals surface area contributed by atoms with Crippen molar-refractivity contribution in [2.24, 2.45) is 4.99 Å². The molecule has 0 aliphatic rings. The molecule has 0 spiro atoms. The Bertz CT molecular complexity index is 652. The lowest BCUT2D eigenvalue weighted by atomic mass is 10.1. The van der Waals surface area contributed by atoms with Crippen LogP contribution in [-0.2, 0) is 24.4 Å². The van der Waals surface area contributed by atoms with Gasteiger partial charge in [-0.15, -0.1) is 11.3 Å². The molecule has 0 amide bonds. The normalized spacial score (nSPS) is 11.5. The predicted octanol–water partition coefficient (Wildman–Crippen LogP) is 3.85. The van der Waals surface area contributed by atoms with Crippen molar-refractivity contribution >= 4 is 17.3 Å². The Labute approximate surface area is 149 Å². The van der Waals surface area contributed by atoms with E-state index in [0.717, 1.165) is 32.1 Å². The molecule has 0 atom stereocenters. The molecule has 1 aromatic carbocycles. The molecule has 2 aromatic rings. The van der Waals surface area contributed by atoms with Crippen molar-refractivity contribution in [1.82, 2.24) is 10.6 Å².